The molecule has 0 aromatic heterocycles. The predicted octanol–water partition coefficient (Wildman–Crippen LogP) is 5.10. The summed E-state index contributed by atoms with van der Waals surface area (Å²) in [5.74, 6) is -1.30. The molecule has 4 rings (SSSR count). The van der Waals surface area contributed by atoms with E-state index in [4.69, 9.17) is 28.9 Å². The van der Waals surface area contributed by atoms with Crippen molar-refractivity contribution >= 4 is 62.3 Å². The van der Waals surface area contributed by atoms with E-state index in [2.05, 4.69) is 21.3 Å². The molecule has 4 aromatic rings. The molecule has 0 saturated carbocycles. The molecular weight excluding hydrogens is 711 g/mol. The first-order valence-electron chi connectivity index (χ1n) is 16.1. The average Bonchev–Trinajstić information content (AvgIpc) is 3.08. The fourth-order valence-electron chi connectivity index (χ4n) is 5.20. The maximum Gasteiger partial charge on any atom is 0.251 e. The number of amides is 3. The number of nitrogens with one attached hydrogen (secondary N) is 4. The van der Waals surface area contributed by atoms with Gasteiger partial charge in [-0.1, -0.05) is 65.7 Å². The Morgan fingerprint density at radius 2 is 1.41 bits per heavy atom. The second-order valence-electron chi connectivity index (χ2n) is 12.3. The molecular formula is C37H42Cl2N6O5S. The smallest absolute Gasteiger partial charge is 0.251 e. The number of nitrogens with two attached hydrogens (primary N) is 1. The minimum Gasteiger partial charge on any atom is -0.399 e. The van der Waals surface area contributed by atoms with Crippen molar-refractivity contribution in [3.05, 3.63) is 129 Å². The van der Waals surface area contributed by atoms with Crippen molar-refractivity contribution < 1.29 is 22.8 Å². The highest BCUT2D eigenvalue weighted by atomic mass is 35.5. The van der Waals surface area contributed by atoms with Crippen LogP contribution < -0.4 is 31.3 Å². The normalized spacial score (nSPS) is 13.1. The summed E-state index contributed by atoms with van der Waals surface area (Å²) in [6.07, 6.45) is 1.45. The number of nitrogens with zero attached hydrogens (tertiary/aromatic N) is 1. The lowest BCUT2D eigenvalue weighted by atomic mass is 10.0. The van der Waals surface area contributed by atoms with E-state index in [1.165, 1.54) is 25.2 Å². The molecule has 0 fully saturated rings. The third-order valence-electron chi connectivity index (χ3n) is 8.20. The summed E-state index contributed by atoms with van der Waals surface area (Å²) in [5, 5.41) is 12.8. The van der Waals surface area contributed by atoms with Gasteiger partial charge in [-0.05, 0) is 85.5 Å². The number of hydrogen-bond donors (Lipinski definition) is 5. The van der Waals surface area contributed by atoms with Crippen molar-refractivity contribution in [3.8, 4) is 0 Å². The van der Waals surface area contributed by atoms with Gasteiger partial charge in [0, 0.05) is 53.0 Å². The Labute approximate surface area is 308 Å². The van der Waals surface area contributed by atoms with Gasteiger partial charge >= 0.3 is 0 Å². The van der Waals surface area contributed by atoms with Crippen LogP contribution in [0.3, 0.4) is 0 Å². The van der Waals surface area contributed by atoms with Gasteiger partial charge in [0.05, 0.1) is 24.0 Å². The molecule has 51 heavy (non-hydrogen) atoms. The molecule has 3 atom stereocenters. The second kappa shape index (κ2) is 17.5. The van der Waals surface area contributed by atoms with Crippen LogP contribution in [0.2, 0.25) is 10.0 Å². The molecule has 0 aliphatic carbocycles. The second-order valence-corrected chi connectivity index (χ2v) is 15.2. The van der Waals surface area contributed by atoms with Crippen molar-refractivity contribution in [3.63, 3.8) is 0 Å². The SMILES string of the molecule is C[C@H](NC[C@H](Cc1ccccc1)NC(=O)c1cc(C(=O)NCc2cc(Cl)cc(Cl)c2)cc(N(C)S(C)(=O)=O)c1)C(=O)N[C@H](C)c1ccc(N)cc1. The number of benzene rings is 4. The average molecular weight is 754 g/mol. The summed E-state index contributed by atoms with van der Waals surface area (Å²) in [6.45, 7) is 3.93. The highest BCUT2D eigenvalue weighted by Gasteiger charge is 2.23. The Hall–Kier alpha value is -4.62. The van der Waals surface area contributed by atoms with Gasteiger partial charge in [0.25, 0.3) is 11.8 Å². The zero-order valence-electron chi connectivity index (χ0n) is 28.7. The van der Waals surface area contributed by atoms with Gasteiger partial charge in [-0.25, -0.2) is 8.42 Å². The van der Waals surface area contributed by atoms with Gasteiger partial charge < -0.3 is 27.0 Å². The molecule has 14 heteroatoms. The number of hydrogen-bond acceptors (Lipinski definition) is 7. The quantitative estimate of drug-likeness (QED) is 0.106. The van der Waals surface area contributed by atoms with E-state index < -0.39 is 33.9 Å². The van der Waals surface area contributed by atoms with Crippen LogP contribution in [0, 0.1) is 0 Å². The van der Waals surface area contributed by atoms with Crippen molar-refractivity contribution in [1.29, 1.82) is 0 Å². The lowest BCUT2D eigenvalue weighted by Gasteiger charge is -2.24. The molecule has 0 radical (unpaired) electrons. The Morgan fingerprint density at radius 1 is 0.804 bits per heavy atom. The molecule has 0 spiro atoms. The van der Waals surface area contributed by atoms with Gasteiger partial charge in [0.1, 0.15) is 0 Å². The molecule has 0 saturated heterocycles. The van der Waals surface area contributed by atoms with Crippen LogP contribution >= 0.6 is 23.2 Å². The van der Waals surface area contributed by atoms with Crippen LogP contribution in [0.15, 0.2) is 91.0 Å². The van der Waals surface area contributed by atoms with E-state index in [0.717, 1.165) is 21.7 Å². The van der Waals surface area contributed by atoms with Gasteiger partial charge in [-0.15, -0.1) is 0 Å². The minimum absolute atomic E-state index is 0.0690. The van der Waals surface area contributed by atoms with Crippen LogP contribution in [0.4, 0.5) is 11.4 Å². The molecule has 3 amide bonds. The standard InChI is InChI=1S/C37H42Cl2N6O5S/c1-23(27-10-12-32(40)13-11-27)43-35(46)24(2)41-22-33(16-25-8-6-5-7-9-25)44-37(48)29-17-28(18-34(19-29)45(3)51(4,49)50)36(47)42-21-26-14-30(38)20-31(39)15-26/h5-15,17-20,23-24,33,41H,16,21-22,40H2,1-4H3,(H,42,47)(H,43,46)(H,44,48)/t23-,24+,33+/m1/s1. The van der Waals surface area contributed by atoms with Crippen molar-refractivity contribution in [2.75, 3.05) is 29.9 Å². The molecule has 270 valence electrons. The molecule has 0 unspecified atom stereocenters. The monoisotopic (exact) mass is 752 g/mol. The molecule has 0 aliphatic rings. The Bertz CT molecular complexity index is 1940. The first-order valence-corrected chi connectivity index (χ1v) is 18.8. The molecule has 4 aromatic carbocycles. The van der Waals surface area contributed by atoms with Crippen molar-refractivity contribution in [1.82, 2.24) is 21.3 Å². The number of sulfonamides is 1. The van der Waals surface area contributed by atoms with E-state index in [-0.39, 0.29) is 41.9 Å². The summed E-state index contributed by atoms with van der Waals surface area (Å²) >= 11 is 12.2. The van der Waals surface area contributed by atoms with Gasteiger partial charge in [0.15, 0.2) is 0 Å². The lowest BCUT2D eigenvalue weighted by Crippen LogP contribution is -2.49. The summed E-state index contributed by atoms with van der Waals surface area (Å²) in [7, 11) is -2.40. The molecule has 0 heterocycles. The zero-order chi connectivity index (χ0) is 37.3. The Balaban J connectivity index is 1.53. The third-order valence-corrected chi connectivity index (χ3v) is 9.84. The van der Waals surface area contributed by atoms with Crippen LogP contribution in [0.1, 0.15) is 57.3 Å². The fourth-order valence-corrected chi connectivity index (χ4v) is 6.26. The summed E-state index contributed by atoms with van der Waals surface area (Å²) in [5.41, 5.74) is 9.20. The van der Waals surface area contributed by atoms with E-state index in [1.807, 2.05) is 49.4 Å². The van der Waals surface area contributed by atoms with Crippen LogP contribution in [-0.2, 0) is 27.8 Å². The first kappa shape index (κ1) is 39.2. The maximum atomic E-state index is 13.8. The first-order chi connectivity index (χ1) is 24.1. The van der Waals surface area contributed by atoms with E-state index in [9.17, 15) is 22.8 Å². The van der Waals surface area contributed by atoms with Crippen LogP contribution in [0.25, 0.3) is 0 Å². The number of halogens is 2. The number of anilines is 2. The summed E-state index contributed by atoms with van der Waals surface area (Å²) in [4.78, 5) is 40.3. The summed E-state index contributed by atoms with van der Waals surface area (Å²) in [6, 6.07) is 24.5. The fraction of sp³-hybridized carbons (Fsp3) is 0.270. The zero-order valence-corrected chi connectivity index (χ0v) is 31.1. The Morgan fingerprint density at radius 3 is 2.02 bits per heavy atom. The van der Waals surface area contributed by atoms with Crippen LogP contribution in [0.5, 0.6) is 0 Å². The topological polar surface area (TPSA) is 163 Å². The minimum atomic E-state index is -3.74. The largest absolute Gasteiger partial charge is 0.399 e. The number of carbonyl (C=O) groups is 3. The highest BCUT2D eigenvalue weighted by Crippen LogP contribution is 2.23. The molecule has 0 aliphatic heterocycles. The maximum absolute atomic E-state index is 13.8. The molecule has 11 nitrogen and oxygen atoms in total. The van der Waals surface area contributed by atoms with Gasteiger partial charge in [-0.3, -0.25) is 18.7 Å². The molecule has 6 N–H and O–H groups in total. The molecule has 0 bridgehead atoms. The Kier molecular flexibility index (Phi) is 13.5. The van der Waals surface area contributed by atoms with Crippen molar-refractivity contribution in [2.45, 2.75) is 44.9 Å². The number of nitrogen functional groups attached to an aromatic ring is 1. The highest BCUT2D eigenvalue weighted by molar-refractivity contribution is 7.92. The summed E-state index contributed by atoms with van der Waals surface area (Å²) < 4.78 is 25.9. The van der Waals surface area contributed by atoms with Gasteiger partial charge in [0.2, 0.25) is 15.9 Å². The number of rotatable bonds is 15. The van der Waals surface area contributed by atoms with E-state index in [1.54, 1.807) is 37.3 Å². The number of carbonyl (C=O) groups excluding carboxylic acids is 3. The van der Waals surface area contributed by atoms with E-state index >= 15 is 0 Å². The third kappa shape index (κ3) is 11.7. The van der Waals surface area contributed by atoms with Crippen LogP contribution in [-0.4, -0.2) is 58.1 Å². The predicted molar refractivity (Wildman–Crippen MR) is 204 cm³/mol. The lowest BCUT2D eigenvalue weighted by molar-refractivity contribution is -0.123. The van der Waals surface area contributed by atoms with Gasteiger partial charge in [-0.2, -0.15) is 0 Å². The van der Waals surface area contributed by atoms with Crippen molar-refractivity contribution in [2.24, 2.45) is 0 Å². The van der Waals surface area contributed by atoms with E-state index in [0.29, 0.717) is 27.7 Å².